The number of imidazole rings is 1. The van der Waals surface area contributed by atoms with Crippen molar-refractivity contribution in [3.8, 4) is 11.3 Å². The molecule has 0 spiro atoms. The van der Waals surface area contributed by atoms with Gasteiger partial charge in [0, 0.05) is 24.3 Å². The molecule has 0 saturated heterocycles. The van der Waals surface area contributed by atoms with Crippen molar-refractivity contribution in [2.75, 3.05) is 11.9 Å². The lowest BCUT2D eigenvalue weighted by Gasteiger charge is -2.28. The van der Waals surface area contributed by atoms with Crippen LogP contribution in [0.3, 0.4) is 0 Å². The van der Waals surface area contributed by atoms with Gasteiger partial charge in [0.25, 0.3) is 5.91 Å². The number of nitrogens with one attached hydrogen (secondary N) is 1. The van der Waals surface area contributed by atoms with Gasteiger partial charge in [-0.15, -0.1) is 0 Å². The van der Waals surface area contributed by atoms with Crippen LogP contribution in [0.4, 0.5) is 20.3 Å². The lowest BCUT2D eigenvalue weighted by atomic mass is 10.1. The number of carbonyl (C=O) groups excluding carboxylic acids is 1. The Balaban J connectivity index is 1.78. The predicted molar refractivity (Wildman–Crippen MR) is 111 cm³/mol. The molecule has 30 heavy (non-hydrogen) atoms. The number of hydrogen-bond acceptors (Lipinski definition) is 4. The number of carbonyl (C=O) groups is 1. The number of nitrogens with zero attached hydrogens (tertiary/aromatic N) is 3. The summed E-state index contributed by atoms with van der Waals surface area (Å²) < 4.78 is 29.3. The number of benzene rings is 2. The monoisotopic (exact) mass is 409 g/mol. The van der Waals surface area contributed by atoms with Gasteiger partial charge in [-0.1, -0.05) is 24.3 Å². The number of halogens is 2. The van der Waals surface area contributed by atoms with Crippen LogP contribution in [0.25, 0.3) is 11.3 Å². The van der Waals surface area contributed by atoms with E-state index in [0.717, 1.165) is 23.4 Å². The molecular weight excluding hydrogens is 388 g/mol. The molecule has 0 bridgehead atoms. The Morgan fingerprint density at radius 3 is 2.53 bits per heavy atom. The van der Waals surface area contributed by atoms with Crippen LogP contribution in [0.15, 0.2) is 54.7 Å². The number of aromatic nitrogens is 2. The predicted octanol–water partition coefficient (Wildman–Crippen LogP) is 3.69. The summed E-state index contributed by atoms with van der Waals surface area (Å²) in [5.41, 5.74) is 8.39. The summed E-state index contributed by atoms with van der Waals surface area (Å²) in [5.74, 6) is -0.944. The smallest absolute Gasteiger partial charge is 0.269 e. The second-order valence-corrected chi connectivity index (χ2v) is 7.25. The fraction of sp³-hybridized carbons (Fsp3) is 0.182. The molecule has 0 unspecified atom stereocenters. The van der Waals surface area contributed by atoms with Gasteiger partial charge in [-0.3, -0.25) is 4.79 Å². The summed E-state index contributed by atoms with van der Waals surface area (Å²) in [6.07, 6.45) is 0. The van der Waals surface area contributed by atoms with Gasteiger partial charge in [-0.05, 0) is 37.3 Å². The fourth-order valence-corrected chi connectivity index (χ4v) is 3.45. The first-order chi connectivity index (χ1) is 14.3. The lowest BCUT2D eigenvalue weighted by molar-refractivity contribution is -0.128. The molecule has 2 heterocycles. The Hall–Kier alpha value is -3.68. The summed E-state index contributed by atoms with van der Waals surface area (Å²) in [5, 5.41) is 3.35. The maximum Gasteiger partial charge on any atom is 0.269 e. The van der Waals surface area contributed by atoms with Crippen LogP contribution in [0, 0.1) is 18.6 Å². The molecule has 3 aromatic rings. The van der Waals surface area contributed by atoms with E-state index in [0.29, 0.717) is 36.0 Å². The minimum atomic E-state index is -0.948. The van der Waals surface area contributed by atoms with Crippen molar-refractivity contribution in [3.05, 3.63) is 77.8 Å². The minimum Gasteiger partial charge on any atom is -0.395 e. The average Bonchev–Trinajstić information content (AvgIpc) is 3.08. The van der Waals surface area contributed by atoms with E-state index in [9.17, 15) is 13.6 Å². The lowest BCUT2D eigenvalue weighted by Crippen LogP contribution is -2.40. The second-order valence-electron chi connectivity index (χ2n) is 7.25. The van der Waals surface area contributed by atoms with Crippen LogP contribution in [-0.4, -0.2) is 26.9 Å². The van der Waals surface area contributed by atoms with Crippen LogP contribution < -0.4 is 11.1 Å². The largest absolute Gasteiger partial charge is 0.395 e. The van der Waals surface area contributed by atoms with Gasteiger partial charge in [0.2, 0.25) is 0 Å². The molecule has 1 amide bonds. The summed E-state index contributed by atoms with van der Waals surface area (Å²) in [4.78, 5) is 18.4. The standard InChI is InChI=1S/C22H21F2N5O/c1-13-3-6-16(7-4-13)26-21-20(15-5-8-17(23)18(24)11-15)27-19-12-28(9-10-29(19)21)22(30)14(2)25/h3-8,11,26H,2,9-10,12,25H2,1H3. The molecule has 0 fully saturated rings. The topological polar surface area (TPSA) is 76.2 Å². The normalized spacial score (nSPS) is 13.1. The van der Waals surface area contributed by atoms with E-state index in [1.54, 1.807) is 4.90 Å². The maximum atomic E-state index is 13.9. The number of amides is 1. The summed E-state index contributed by atoms with van der Waals surface area (Å²) >= 11 is 0. The molecular formula is C22H21F2N5O. The first kappa shape index (κ1) is 19.6. The number of fused-ring (bicyclic) bond motifs is 1. The highest BCUT2D eigenvalue weighted by molar-refractivity contribution is 5.91. The highest BCUT2D eigenvalue weighted by atomic mass is 19.2. The molecule has 1 aliphatic heterocycles. The summed E-state index contributed by atoms with van der Waals surface area (Å²) in [6, 6.07) is 11.5. The Morgan fingerprint density at radius 1 is 1.13 bits per heavy atom. The zero-order valence-electron chi connectivity index (χ0n) is 16.5. The zero-order chi connectivity index (χ0) is 21.4. The molecule has 154 valence electrons. The molecule has 0 saturated carbocycles. The Kier molecular flexibility index (Phi) is 4.99. The van der Waals surface area contributed by atoms with E-state index in [2.05, 4.69) is 16.9 Å². The van der Waals surface area contributed by atoms with E-state index < -0.39 is 11.6 Å². The quantitative estimate of drug-likeness (QED) is 0.645. The van der Waals surface area contributed by atoms with Crippen LogP contribution in [0.2, 0.25) is 0 Å². The average molecular weight is 409 g/mol. The third-order valence-corrected chi connectivity index (χ3v) is 5.04. The van der Waals surface area contributed by atoms with Crippen LogP contribution in [0.1, 0.15) is 11.4 Å². The molecule has 8 heteroatoms. The highest BCUT2D eigenvalue weighted by Crippen LogP contribution is 2.34. The molecule has 0 radical (unpaired) electrons. The number of nitrogens with two attached hydrogens (primary N) is 1. The summed E-state index contributed by atoms with van der Waals surface area (Å²) in [6.45, 7) is 6.64. The molecule has 0 aliphatic carbocycles. The number of hydrogen-bond donors (Lipinski definition) is 2. The van der Waals surface area contributed by atoms with Crippen molar-refractivity contribution < 1.29 is 13.6 Å². The molecule has 2 aromatic carbocycles. The van der Waals surface area contributed by atoms with Gasteiger partial charge < -0.3 is 20.5 Å². The van der Waals surface area contributed by atoms with Crippen molar-refractivity contribution in [3.63, 3.8) is 0 Å². The molecule has 4 rings (SSSR count). The van der Waals surface area contributed by atoms with Crippen molar-refractivity contribution in [1.82, 2.24) is 14.5 Å². The maximum absolute atomic E-state index is 13.9. The third kappa shape index (κ3) is 3.63. The van der Waals surface area contributed by atoms with Crippen molar-refractivity contribution >= 4 is 17.4 Å². The fourth-order valence-electron chi connectivity index (χ4n) is 3.45. The number of aryl methyl sites for hydroxylation is 1. The van der Waals surface area contributed by atoms with Gasteiger partial charge in [-0.2, -0.15) is 0 Å². The highest BCUT2D eigenvalue weighted by Gasteiger charge is 2.27. The molecule has 1 aliphatic rings. The second kappa shape index (κ2) is 7.62. The molecule has 3 N–H and O–H groups in total. The van der Waals surface area contributed by atoms with Crippen LogP contribution in [-0.2, 0) is 17.9 Å². The third-order valence-electron chi connectivity index (χ3n) is 5.04. The van der Waals surface area contributed by atoms with Gasteiger partial charge >= 0.3 is 0 Å². The Labute approximate surface area is 172 Å². The minimum absolute atomic E-state index is 0.0335. The van der Waals surface area contributed by atoms with E-state index in [1.165, 1.54) is 6.07 Å². The SMILES string of the molecule is C=C(N)C(=O)N1CCn2c(nc(-c3ccc(F)c(F)c3)c2Nc2ccc(C)cc2)C1. The van der Waals surface area contributed by atoms with Gasteiger partial charge in [0.1, 0.15) is 17.3 Å². The zero-order valence-corrected chi connectivity index (χ0v) is 16.5. The molecule has 0 atom stereocenters. The first-order valence-electron chi connectivity index (χ1n) is 9.45. The van der Waals surface area contributed by atoms with Crippen LogP contribution >= 0.6 is 0 Å². The Bertz CT molecular complexity index is 1140. The van der Waals surface area contributed by atoms with Gasteiger partial charge in [-0.25, -0.2) is 13.8 Å². The number of anilines is 2. The van der Waals surface area contributed by atoms with Crippen molar-refractivity contribution in [2.45, 2.75) is 20.0 Å². The van der Waals surface area contributed by atoms with E-state index >= 15 is 0 Å². The van der Waals surface area contributed by atoms with Crippen LogP contribution in [0.5, 0.6) is 0 Å². The van der Waals surface area contributed by atoms with Crippen molar-refractivity contribution in [2.24, 2.45) is 5.73 Å². The summed E-state index contributed by atoms with van der Waals surface area (Å²) in [7, 11) is 0. The van der Waals surface area contributed by atoms with E-state index in [1.807, 2.05) is 35.8 Å². The van der Waals surface area contributed by atoms with E-state index in [-0.39, 0.29) is 18.1 Å². The molecule has 1 aromatic heterocycles. The molecule has 6 nitrogen and oxygen atoms in total. The van der Waals surface area contributed by atoms with Crippen molar-refractivity contribution in [1.29, 1.82) is 0 Å². The number of rotatable bonds is 4. The van der Waals surface area contributed by atoms with Gasteiger partial charge in [0.05, 0.1) is 12.2 Å². The first-order valence-corrected chi connectivity index (χ1v) is 9.45. The Morgan fingerprint density at radius 2 is 1.87 bits per heavy atom. The van der Waals surface area contributed by atoms with Gasteiger partial charge in [0.15, 0.2) is 11.6 Å². The van der Waals surface area contributed by atoms with E-state index in [4.69, 9.17) is 5.73 Å².